The van der Waals surface area contributed by atoms with Crippen molar-refractivity contribution in [2.24, 2.45) is 0 Å². The van der Waals surface area contributed by atoms with Crippen LogP contribution in [0, 0.1) is 0 Å². The number of phosphoric acid groups is 1. The Balaban J connectivity index is 4.40. The molecule has 0 rings (SSSR count). The predicted octanol–water partition coefficient (Wildman–Crippen LogP) is 10.9. The lowest BCUT2D eigenvalue weighted by Crippen LogP contribution is -2.29. The van der Waals surface area contributed by atoms with Crippen LogP contribution >= 0.6 is 7.82 Å². The summed E-state index contributed by atoms with van der Waals surface area (Å²) >= 11 is 0. The van der Waals surface area contributed by atoms with Gasteiger partial charge in [0.1, 0.15) is 12.7 Å². The van der Waals surface area contributed by atoms with E-state index < -0.39 is 51.8 Å². The van der Waals surface area contributed by atoms with Crippen LogP contribution in [0.3, 0.4) is 0 Å². The monoisotopic (exact) mass is 795 g/mol. The number of hydrogen-bond donors (Lipinski definition) is 3. The standard InChI is InChI=1S/C44H75O10P/c1-3-5-7-9-11-13-15-17-18-19-20-21-22-24-25-27-29-31-33-35-43(47)51-39-42(40-53-55(49,50)52-38-41(46)37-45)54-44(48)36-34-32-30-28-26-23-16-14-12-10-8-6-4-2/h5,7,11,13,17-18,20-21,23-26,41-42,45-46H,3-4,6,8-10,12,14-16,19,22,27-40H2,1-2H3,(H,49,50)/b7-5+,13-11+,18-17+,21-20+,25-24+,26-23+/t41-,42+/m1/s1. The molecule has 0 amide bonds. The SMILES string of the molecule is CC/C=C/C/C=C/C/C=C/C/C=C/C/C=C/CCCCCC(=O)OC[C@@H](COP(=O)(O)OC[C@H](O)CO)OC(=O)CCCCC/C=C/CCCCCCCC. The molecule has 0 spiro atoms. The molecule has 0 saturated carbocycles. The van der Waals surface area contributed by atoms with Crippen molar-refractivity contribution >= 4 is 19.8 Å². The number of esters is 2. The summed E-state index contributed by atoms with van der Waals surface area (Å²) in [6.07, 6.45) is 44.4. The second kappa shape index (κ2) is 39.6. The Kier molecular flexibility index (Phi) is 37.8. The molecule has 0 aromatic rings. The lowest BCUT2D eigenvalue weighted by molar-refractivity contribution is -0.161. The molecule has 0 saturated heterocycles. The van der Waals surface area contributed by atoms with Gasteiger partial charge in [-0.3, -0.25) is 18.6 Å². The number of allylic oxidation sites excluding steroid dienone is 12. The van der Waals surface area contributed by atoms with Gasteiger partial charge in [-0.1, -0.05) is 132 Å². The summed E-state index contributed by atoms with van der Waals surface area (Å²) in [6, 6.07) is 0. The van der Waals surface area contributed by atoms with E-state index in [-0.39, 0.29) is 19.4 Å². The van der Waals surface area contributed by atoms with Crippen molar-refractivity contribution in [3.05, 3.63) is 72.9 Å². The molecular weight excluding hydrogens is 719 g/mol. The first-order valence-corrected chi connectivity index (χ1v) is 22.4. The fraction of sp³-hybridized carbons (Fsp3) is 0.682. The largest absolute Gasteiger partial charge is 0.472 e. The second-order valence-electron chi connectivity index (χ2n) is 13.6. The second-order valence-corrected chi connectivity index (χ2v) is 15.1. The van der Waals surface area contributed by atoms with Crippen molar-refractivity contribution in [2.75, 3.05) is 26.4 Å². The third-order valence-electron chi connectivity index (χ3n) is 8.34. The van der Waals surface area contributed by atoms with Gasteiger partial charge in [0.15, 0.2) is 6.10 Å². The zero-order valence-corrected chi connectivity index (χ0v) is 35.0. The normalized spacial score (nSPS) is 14.6. The summed E-state index contributed by atoms with van der Waals surface area (Å²) in [5.41, 5.74) is 0. The number of aliphatic hydroxyl groups excluding tert-OH is 2. The lowest BCUT2D eigenvalue weighted by atomic mass is 10.1. The number of ether oxygens (including phenoxy) is 2. The van der Waals surface area contributed by atoms with E-state index in [1.54, 1.807) is 0 Å². The Morgan fingerprint density at radius 3 is 1.53 bits per heavy atom. The van der Waals surface area contributed by atoms with Crippen LogP contribution in [-0.4, -0.2) is 65.7 Å². The van der Waals surface area contributed by atoms with Gasteiger partial charge < -0.3 is 24.6 Å². The number of aliphatic hydroxyl groups is 2. The molecular formula is C44H75O10P. The minimum atomic E-state index is -4.63. The van der Waals surface area contributed by atoms with Gasteiger partial charge in [0, 0.05) is 12.8 Å². The van der Waals surface area contributed by atoms with Crippen molar-refractivity contribution in [3.63, 3.8) is 0 Å². The highest BCUT2D eigenvalue weighted by Gasteiger charge is 2.27. The summed E-state index contributed by atoms with van der Waals surface area (Å²) < 4.78 is 32.6. The predicted molar refractivity (Wildman–Crippen MR) is 223 cm³/mol. The van der Waals surface area contributed by atoms with Crippen molar-refractivity contribution in [1.29, 1.82) is 0 Å². The molecule has 0 aromatic carbocycles. The molecule has 0 fully saturated rings. The van der Waals surface area contributed by atoms with Gasteiger partial charge in [-0.25, -0.2) is 4.57 Å². The maximum atomic E-state index is 12.6. The van der Waals surface area contributed by atoms with E-state index >= 15 is 0 Å². The van der Waals surface area contributed by atoms with E-state index in [4.69, 9.17) is 19.1 Å². The van der Waals surface area contributed by atoms with Crippen LogP contribution in [0.2, 0.25) is 0 Å². The summed E-state index contributed by atoms with van der Waals surface area (Å²) in [7, 11) is -4.63. The van der Waals surface area contributed by atoms with Crippen LogP contribution in [0.25, 0.3) is 0 Å². The van der Waals surface area contributed by atoms with Gasteiger partial charge in [-0.05, 0) is 83.5 Å². The Hall–Kier alpha value is -2.59. The van der Waals surface area contributed by atoms with Gasteiger partial charge in [-0.2, -0.15) is 0 Å². The number of carbonyl (C=O) groups excluding carboxylic acids is 2. The molecule has 0 aliphatic carbocycles. The molecule has 0 heterocycles. The van der Waals surface area contributed by atoms with Crippen LogP contribution in [0.4, 0.5) is 0 Å². The molecule has 3 N–H and O–H groups in total. The molecule has 3 atom stereocenters. The fourth-order valence-electron chi connectivity index (χ4n) is 5.13. The molecule has 55 heavy (non-hydrogen) atoms. The summed E-state index contributed by atoms with van der Waals surface area (Å²) in [5, 5.41) is 18.3. The maximum Gasteiger partial charge on any atom is 0.472 e. The number of rotatable bonds is 38. The number of phosphoric ester groups is 1. The van der Waals surface area contributed by atoms with Crippen molar-refractivity contribution in [1.82, 2.24) is 0 Å². The third-order valence-corrected chi connectivity index (χ3v) is 9.30. The first-order chi connectivity index (χ1) is 26.7. The van der Waals surface area contributed by atoms with E-state index in [0.29, 0.717) is 12.8 Å². The summed E-state index contributed by atoms with van der Waals surface area (Å²) in [4.78, 5) is 34.9. The topological polar surface area (TPSA) is 149 Å². The smallest absolute Gasteiger partial charge is 0.462 e. The van der Waals surface area contributed by atoms with Gasteiger partial charge >= 0.3 is 19.8 Å². The molecule has 0 aromatic heterocycles. The highest BCUT2D eigenvalue weighted by Crippen LogP contribution is 2.43. The van der Waals surface area contributed by atoms with Crippen LogP contribution in [0.15, 0.2) is 72.9 Å². The lowest BCUT2D eigenvalue weighted by Gasteiger charge is -2.20. The summed E-state index contributed by atoms with van der Waals surface area (Å²) in [5.74, 6) is -0.988. The van der Waals surface area contributed by atoms with Crippen molar-refractivity contribution in [2.45, 2.75) is 167 Å². The van der Waals surface area contributed by atoms with E-state index in [2.05, 4.69) is 91.3 Å². The summed E-state index contributed by atoms with van der Waals surface area (Å²) in [6.45, 7) is 2.18. The molecule has 316 valence electrons. The van der Waals surface area contributed by atoms with E-state index in [9.17, 15) is 24.2 Å². The van der Waals surface area contributed by atoms with E-state index in [1.165, 1.54) is 38.5 Å². The highest BCUT2D eigenvalue weighted by molar-refractivity contribution is 7.47. The maximum absolute atomic E-state index is 12.6. The van der Waals surface area contributed by atoms with Crippen molar-refractivity contribution in [3.8, 4) is 0 Å². The first-order valence-electron chi connectivity index (χ1n) is 20.9. The Morgan fingerprint density at radius 1 is 0.564 bits per heavy atom. The quantitative estimate of drug-likeness (QED) is 0.0239. The minimum absolute atomic E-state index is 0.153. The highest BCUT2D eigenvalue weighted by atomic mass is 31.2. The molecule has 0 aliphatic heterocycles. The van der Waals surface area contributed by atoms with Crippen LogP contribution in [-0.2, 0) is 32.7 Å². The molecule has 10 nitrogen and oxygen atoms in total. The molecule has 1 unspecified atom stereocenters. The Bertz CT molecular complexity index is 1140. The molecule has 0 radical (unpaired) electrons. The third kappa shape index (κ3) is 39.4. The average Bonchev–Trinajstić information content (AvgIpc) is 3.17. The van der Waals surface area contributed by atoms with Crippen molar-refractivity contribution < 1.29 is 47.8 Å². The fourth-order valence-corrected chi connectivity index (χ4v) is 5.92. The number of hydrogen-bond acceptors (Lipinski definition) is 9. The average molecular weight is 795 g/mol. The zero-order chi connectivity index (χ0) is 40.5. The van der Waals surface area contributed by atoms with E-state index in [1.807, 2.05) is 0 Å². The zero-order valence-electron chi connectivity index (χ0n) is 34.1. The minimum Gasteiger partial charge on any atom is -0.462 e. The van der Waals surface area contributed by atoms with Gasteiger partial charge in [0.2, 0.25) is 0 Å². The van der Waals surface area contributed by atoms with Gasteiger partial charge in [0.25, 0.3) is 0 Å². The Morgan fingerprint density at radius 2 is 1.00 bits per heavy atom. The molecule has 11 heteroatoms. The van der Waals surface area contributed by atoms with Crippen LogP contribution in [0.5, 0.6) is 0 Å². The van der Waals surface area contributed by atoms with Gasteiger partial charge in [-0.15, -0.1) is 0 Å². The van der Waals surface area contributed by atoms with Crippen LogP contribution in [0.1, 0.15) is 155 Å². The van der Waals surface area contributed by atoms with E-state index in [0.717, 1.165) is 77.0 Å². The van der Waals surface area contributed by atoms with Gasteiger partial charge in [0.05, 0.1) is 19.8 Å². The van der Waals surface area contributed by atoms with Crippen LogP contribution < -0.4 is 0 Å². The Labute approximate surface area is 333 Å². The molecule has 0 aliphatic rings. The first kappa shape index (κ1) is 52.4. The molecule has 0 bridgehead atoms. The number of unbranched alkanes of at least 4 members (excludes halogenated alkanes) is 12. The number of carbonyl (C=O) groups is 2.